The monoisotopic (exact) mass is 312 g/mol. The summed E-state index contributed by atoms with van der Waals surface area (Å²) in [4.78, 5) is 12.5. The van der Waals surface area contributed by atoms with E-state index in [1.807, 2.05) is 24.3 Å². The molecular weight excluding hydrogens is 300 g/mol. The Bertz CT molecular complexity index is 837. The van der Waals surface area contributed by atoms with Gasteiger partial charge in [0, 0.05) is 20.5 Å². The number of rotatable bonds is 4. The summed E-state index contributed by atoms with van der Waals surface area (Å²) >= 11 is 3.31. The van der Waals surface area contributed by atoms with E-state index in [9.17, 15) is 4.79 Å². The van der Waals surface area contributed by atoms with Gasteiger partial charge in [0.2, 0.25) is 0 Å². The Labute approximate surface area is 130 Å². The van der Waals surface area contributed by atoms with E-state index in [1.54, 1.807) is 28.7 Å². The van der Waals surface area contributed by atoms with E-state index in [2.05, 4.69) is 29.7 Å². The summed E-state index contributed by atoms with van der Waals surface area (Å²) in [5.74, 6) is -0.926. The van der Waals surface area contributed by atoms with Gasteiger partial charge < -0.3 is 5.11 Å². The van der Waals surface area contributed by atoms with Crippen molar-refractivity contribution in [3.8, 4) is 0 Å². The molecule has 2 aromatic heterocycles. The average Bonchev–Trinajstić information content (AvgIpc) is 3.10. The van der Waals surface area contributed by atoms with Crippen LogP contribution >= 0.6 is 22.7 Å². The first-order valence-electron chi connectivity index (χ1n) is 6.37. The Morgan fingerprint density at radius 1 is 1.00 bits per heavy atom. The first kappa shape index (κ1) is 13.8. The lowest BCUT2D eigenvalue weighted by atomic mass is 10.1. The summed E-state index contributed by atoms with van der Waals surface area (Å²) in [6.07, 6.45) is 6.95. The molecule has 0 unspecified atom stereocenters. The Kier molecular flexibility index (Phi) is 3.99. The van der Waals surface area contributed by atoms with E-state index >= 15 is 0 Å². The molecule has 4 heteroatoms. The lowest BCUT2D eigenvalue weighted by Crippen LogP contribution is -1.84. The van der Waals surface area contributed by atoms with Crippen LogP contribution in [0, 0.1) is 0 Å². The zero-order valence-electron chi connectivity index (χ0n) is 11.0. The lowest BCUT2D eigenvalue weighted by molar-refractivity contribution is -0.131. The molecule has 0 aliphatic rings. The van der Waals surface area contributed by atoms with Crippen LogP contribution in [0.1, 0.15) is 15.3 Å². The quantitative estimate of drug-likeness (QED) is 0.670. The minimum Gasteiger partial charge on any atom is -0.478 e. The van der Waals surface area contributed by atoms with Crippen molar-refractivity contribution in [3.05, 3.63) is 63.2 Å². The number of hydrogen-bond donors (Lipinski definition) is 1. The SMILES string of the molecule is O=C(O)C=Cc1ccc(C=Cc2csc3ccccc23)s1. The highest BCUT2D eigenvalue weighted by molar-refractivity contribution is 7.17. The largest absolute Gasteiger partial charge is 0.478 e. The van der Waals surface area contributed by atoms with Crippen LogP contribution in [0.25, 0.3) is 28.3 Å². The summed E-state index contributed by atoms with van der Waals surface area (Å²) in [5.41, 5.74) is 1.21. The first-order valence-corrected chi connectivity index (χ1v) is 8.07. The van der Waals surface area contributed by atoms with E-state index in [0.717, 1.165) is 15.8 Å². The van der Waals surface area contributed by atoms with Crippen molar-refractivity contribution in [2.24, 2.45) is 0 Å². The smallest absolute Gasteiger partial charge is 0.328 e. The molecule has 0 saturated heterocycles. The molecule has 0 spiro atoms. The maximum absolute atomic E-state index is 10.5. The number of carboxylic acid groups (broad SMARTS) is 1. The van der Waals surface area contributed by atoms with Crippen LogP contribution in [0.2, 0.25) is 0 Å². The summed E-state index contributed by atoms with van der Waals surface area (Å²) < 4.78 is 1.29. The van der Waals surface area contributed by atoms with Crippen LogP contribution in [-0.4, -0.2) is 11.1 Å². The first-order chi connectivity index (χ1) is 10.2. The number of thiophene rings is 2. The summed E-state index contributed by atoms with van der Waals surface area (Å²) in [6.45, 7) is 0. The third-order valence-electron chi connectivity index (χ3n) is 2.98. The van der Waals surface area contributed by atoms with Gasteiger partial charge in [-0.2, -0.15) is 0 Å². The Morgan fingerprint density at radius 3 is 2.57 bits per heavy atom. The minimum absolute atomic E-state index is 0.926. The van der Waals surface area contributed by atoms with Gasteiger partial charge in [0.15, 0.2) is 0 Å². The predicted molar refractivity (Wildman–Crippen MR) is 91.7 cm³/mol. The second-order valence-corrected chi connectivity index (χ2v) is 6.49. The zero-order chi connectivity index (χ0) is 14.7. The molecule has 0 aliphatic heterocycles. The van der Waals surface area contributed by atoms with Crippen molar-refractivity contribution in [1.29, 1.82) is 0 Å². The number of benzene rings is 1. The molecule has 0 bridgehead atoms. The molecule has 21 heavy (non-hydrogen) atoms. The van der Waals surface area contributed by atoms with Gasteiger partial charge in [-0.25, -0.2) is 4.79 Å². The molecule has 0 radical (unpaired) electrons. The highest BCUT2D eigenvalue weighted by atomic mass is 32.1. The Morgan fingerprint density at radius 2 is 1.76 bits per heavy atom. The molecule has 2 heterocycles. The fourth-order valence-corrected chi connectivity index (χ4v) is 3.75. The normalized spacial score (nSPS) is 11.8. The molecule has 0 amide bonds. The van der Waals surface area contributed by atoms with E-state index in [-0.39, 0.29) is 0 Å². The molecular formula is C17H12O2S2. The third-order valence-corrected chi connectivity index (χ3v) is 4.97. The number of hydrogen-bond acceptors (Lipinski definition) is 3. The standard InChI is InChI=1S/C17H12O2S2/c18-17(19)10-9-14-8-7-13(21-14)6-5-12-11-20-16-4-2-1-3-15(12)16/h1-11H,(H,18,19). The van der Waals surface area contributed by atoms with Crippen molar-refractivity contribution < 1.29 is 9.90 Å². The Hall–Kier alpha value is -2.17. The maximum Gasteiger partial charge on any atom is 0.328 e. The molecule has 0 saturated carbocycles. The van der Waals surface area contributed by atoms with Crippen LogP contribution in [0.15, 0.2) is 47.9 Å². The van der Waals surface area contributed by atoms with Gasteiger partial charge in [0.1, 0.15) is 0 Å². The van der Waals surface area contributed by atoms with Gasteiger partial charge in [0.25, 0.3) is 0 Å². The second kappa shape index (κ2) is 6.08. The van der Waals surface area contributed by atoms with Gasteiger partial charge in [-0.1, -0.05) is 24.3 Å². The van der Waals surface area contributed by atoms with Crippen molar-refractivity contribution in [3.63, 3.8) is 0 Å². The van der Waals surface area contributed by atoms with Gasteiger partial charge in [-0.15, -0.1) is 22.7 Å². The fourth-order valence-electron chi connectivity index (χ4n) is 2.00. The van der Waals surface area contributed by atoms with E-state index in [4.69, 9.17) is 5.11 Å². The van der Waals surface area contributed by atoms with E-state index in [1.165, 1.54) is 15.6 Å². The Balaban J connectivity index is 1.81. The van der Waals surface area contributed by atoms with Crippen LogP contribution in [0.3, 0.4) is 0 Å². The van der Waals surface area contributed by atoms with Crippen LogP contribution in [0.4, 0.5) is 0 Å². The van der Waals surface area contributed by atoms with Gasteiger partial charge in [-0.05, 0) is 46.7 Å². The average molecular weight is 312 g/mol. The number of carboxylic acids is 1. The minimum atomic E-state index is -0.926. The van der Waals surface area contributed by atoms with E-state index < -0.39 is 5.97 Å². The molecule has 0 aliphatic carbocycles. The molecule has 0 fully saturated rings. The molecule has 2 nitrogen and oxygen atoms in total. The summed E-state index contributed by atoms with van der Waals surface area (Å²) in [5, 5.41) is 12.0. The van der Waals surface area contributed by atoms with Gasteiger partial charge >= 0.3 is 5.97 Å². The highest BCUT2D eigenvalue weighted by Crippen LogP contribution is 2.28. The van der Waals surface area contributed by atoms with Crippen molar-refractivity contribution >= 4 is 57.0 Å². The van der Waals surface area contributed by atoms with Gasteiger partial charge in [0.05, 0.1) is 0 Å². The number of fused-ring (bicyclic) bond motifs is 1. The predicted octanol–water partition coefficient (Wildman–Crippen LogP) is 5.23. The van der Waals surface area contributed by atoms with Crippen molar-refractivity contribution in [2.45, 2.75) is 0 Å². The second-order valence-electron chi connectivity index (χ2n) is 4.43. The summed E-state index contributed by atoms with van der Waals surface area (Å²) in [6, 6.07) is 12.3. The van der Waals surface area contributed by atoms with Crippen molar-refractivity contribution in [2.75, 3.05) is 0 Å². The fraction of sp³-hybridized carbons (Fsp3) is 0. The molecule has 104 valence electrons. The zero-order valence-corrected chi connectivity index (χ0v) is 12.7. The molecule has 3 aromatic rings. The van der Waals surface area contributed by atoms with Crippen LogP contribution in [0.5, 0.6) is 0 Å². The topological polar surface area (TPSA) is 37.3 Å². The lowest BCUT2D eigenvalue weighted by Gasteiger charge is -1.90. The van der Waals surface area contributed by atoms with E-state index in [0.29, 0.717) is 0 Å². The molecule has 1 aromatic carbocycles. The highest BCUT2D eigenvalue weighted by Gasteiger charge is 2.00. The molecule has 1 N–H and O–H groups in total. The molecule has 3 rings (SSSR count). The van der Waals surface area contributed by atoms with Gasteiger partial charge in [-0.3, -0.25) is 0 Å². The third kappa shape index (κ3) is 3.29. The number of carbonyl (C=O) groups is 1. The molecule has 0 atom stereocenters. The summed E-state index contributed by atoms with van der Waals surface area (Å²) in [7, 11) is 0. The number of aliphatic carboxylic acids is 1. The maximum atomic E-state index is 10.5. The van der Waals surface area contributed by atoms with Crippen molar-refractivity contribution in [1.82, 2.24) is 0 Å². The van der Waals surface area contributed by atoms with Crippen LogP contribution in [-0.2, 0) is 4.79 Å². The van der Waals surface area contributed by atoms with Crippen LogP contribution < -0.4 is 0 Å².